The van der Waals surface area contributed by atoms with Gasteiger partial charge in [-0.1, -0.05) is 32.4 Å². The van der Waals surface area contributed by atoms with Gasteiger partial charge in [0.15, 0.2) is 5.78 Å². The van der Waals surface area contributed by atoms with Crippen molar-refractivity contribution in [3.8, 4) is 0 Å². The van der Waals surface area contributed by atoms with Crippen LogP contribution in [0.25, 0.3) is 0 Å². The third-order valence-corrected chi connectivity index (χ3v) is 3.93. The quantitative estimate of drug-likeness (QED) is 0.604. The topological polar surface area (TPSA) is 63.4 Å². The normalized spacial score (nSPS) is 20.6. The summed E-state index contributed by atoms with van der Waals surface area (Å²) >= 11 is 0. The number of hydrogen-bond donors (Lipinski definition) is 1. The Balaban J connectivity index is 2.29. The summed E-state index contributed by atoms with van der Waals surface area (Å²) in [6, 6.07) is 0. The highest BCUT2D eigenvalue weighted by Gasteiger charge is 2.24. The van der Waals surface area contributed by atoms with Crippen LogP contribution < -0.4 is 5.11 Å². The average Bonchev–Trinajstić information content (AvgIpc) is 2.49. The van der Waals surface area contributed by atoms with Gasteiger partial charge in [-0.25, -0.2) is 4.58 Å². The molecule has 0 amide bonds. The molecule has 2 aliphatic rings. The third kappa shape index (κ3) is 3.38. The van der Waals surface area contributed by atoms with Crippen molar-refractivity contribution in [2.75, 3.05) is 13.1 Å². The van der Waals surface area contributed by atoms with Crippen LogP contribution in [0.4, 0.5) is 0 Å². The van der Waals surface area contributed by atoms with E-state index in [1.54, 1.807) is 12.2 Å². The second kappa shape index (κ2) is 7.25. The summed E-state index contributed by atoms with van der Waals surface area (Å²) in [4.78, 5) is 11.5. The van der Waals surface area contributed by atoms with Crippen molar-refractivity contribution in [1.82, 2.24) is 0 Å². The molecule has 0 aromatic heterocycles. The number of unbranched alkanes of at least 4 members (excludes halogenated alkanes) is 2. The minimum absolute atomic E-state index is 0.000275. The van der Waals surface area contributed by atoms with Crippen LogP contribution in [0.1, 0.15) is 39.5 Å². The minimum Gasteiger partial charge on any atom is -0.872 e. The van der Waals surface area contributed by atoms with Crippen LogP contribution in [0.3, 0.4) is 0 Å². The summed E-state index contributed by atoms with van der Waals surface area (Å²) in [5.74, 6) is -0.607. The molecule has 22 heavy (non-hydrogen) atoms. The molecule has 2 rings (SSSR count). The smallest absolute Gasteiger partial charge is 0.203 e. The lowest BCUT2D eigenvalue weighted by Crippen LogP contribution is -2.27. The minimum atomic E-state index is -0.304. The molecule has 118 valence electrons. The number of carbonyl (C=O) groups is 1. The first-order valence-electron chi connectivity index (χ1n) is 7.97. The van der Waals surface area contributed by atoms with E-state index in [1.165, 1.54) is 0 Å². The molecule has 0 saturated heterocycles. The Morgan fingerprint density at radius 1 is 1.09 bits per heavy atom. The number of carbonyl (C=O) groups excluding carboxylic acids is 1. The molecule has 0 fully saturated rings. The fourth-order valence-electron chi connectivity index (χ4n) is 2.57. The van der Waals surface area contributed by atoms with Gasteiger partial charge in [-0.3, -0.25) is 4.79 Å². The van der Waals surface area contributed by atoms with E-state index in [1.807, 2.05) is 6.08 Å². The van der Waals surface area contributed by atoms with E-state index in [0.717, 1.165) is 50.6 Å². The molecule has 0 aromatic rings. The van der Waals surface area contributed by atoms with E-state index in [9.17, 15) is 15.0 Å². The van der Waals surface area contributed by atoms with Gasteiger partial charge in [-0.05, 0) is 12.2 Å². The van der Waals surface area contributed by atoms with Crippen LogP contribution in [0.15, 0.2) is 47.0 Å². The van der Waals surface area contributed by atoms with Crippen molar-refractivity contribution in [2.24, 2.45) is 0 Å². The van der Waals surface area contributed by atoms with Crippen LogP contribution in [0.2, 0.25) is 0 Å². The van der Waals surface area contributed by atoms with Gasteiger partial charge in [0.2, 0.25) is 5.71 Å². The van der Waals surface area contributed by atoms with E-state index in [4.69, 9.17) is 0 Å². The number of allylic oxidation sites excluding steroid dienone is 5. The summed E-state index contributed by atoms with van der Waals surface area (Å²) in [5.41, 5.74) is 1.37. The SMILES string of the molecule is CCCC[N+](CCCC)=C1C=CC(=C2C(=O)C=C2[O-])C(O)=C1. The highest BCUT2D eigenvalue weighted by molar-refractivity contribution is 6.16. The molecule has 0 unspecified atom stereocenters. The van der Waals surface area contributed by atoms with E-state index in [-0.39, 0.29) is 22.9 Å². The Bertz CT molecular complexity index is 608. The van der Waals surface area contributed by atoms with Crippen molar-refractivity contribution in [1.29, 1.82) is 0 Å². The van der Waals surface area contributed by atoms with Crippen LogP contribution >= 0.6 is 0 Å². The molecular weight excluding hydrogens is 278 g/mol. The number of hydrogen-bond acceptors (Lipinski definition) is 3. The maximum atomic E-state index is 11.5. The Labute approximate surface area is 131 Å². The van der Waals surface area contributed by atoms with Crippen molar-refractivity contribution >= 4 is 11.5 Å². The second-order valence-corrected chi connectivity index (χ2v) is 5.64. The molecule has 0 saturated carbocycles. The molecule has 4 nitrogen and oxygen atoms in total. The first-order chi connectivity index (χ1) is 10.6. The van der Waals surface area contributed by atoms with Gasteiger partial charge in [0.25, 0.3) is 0 Å². The molecule has 0 spiro atoms. The molecule has 0 bridgehead atoms. The molecule has 0 aromatic carbocycles. The lowest BCUT2D eigenvalue weighted by molar-refractivity contribution is -0.527. The molecule has 4 heteroatoms. The summed E-state index contributed by atoms with van der Waals surface area (Å²) in [5, 5.41) is 21.7. The summed E-state index contributed by atoms with van der Waals surface area (Å²) < 4.78 is 2.25. The van der Waals surface area contributed by atoms with Gasteiger partial charge in [0.1, 0.15) is 18.8 Å². The number of aliphatic hydroxyl groups excluding tert-OH is 1. The predicted octanol–water partition coefficient (Wildman–Crippen LogP) is 2.18. The average molecular weight is 301 g/mol. The number of ketones is 1. The van der Waals surface area contributed by atoms with E-state index >= 15 is 0 Å². The summed E-state index contributed by atoms with van der Waals surface area (Å²) in [6.45, 7) is 6.19. The standard InChI is InChI=1S/C18H23NO3/c1-3-5-9-19(10-6-4-2)13-7-8-14(15(20)11-13)18-16(21)12-17(18)22/h7-8,11-12H,3-6,9-10H2,1-2H3,(H,21,22). The largest absolute Gasteiger partial charge is 0.872 e. The second-order valence-electron chi connectivity index (χ2n) is 5.64. The van der Waals surface area contributed by atoms with Gasteiger partial charge in [0.05, 0.1) is 6.08 Å². The Morgan fingerprint density at radius 3 is 2.18 bits per heavy atom. The fourth-order valence-corrected chi connectivity index (χ4v) is 2.57. The Kier molecular flexibility index (Phi) is 5.36. The van der Waals surface area contributed by atoms with E-state index < -0.39 is 0 Å². The van der Waals surface area contributed by atoms with Crippen LogP contribution in [0.5, 0.6) is 0 Å². The molecule has 0 heterocycles. The Morgan fingerprint density at radius 2 is 1.73 bits per heavy atom. The summed E-state index contributed by atoms with van der Waals surface area (Å²) in [6.07, 6.45) is 10.7. The van der Waals surface area contributed by atoms with Crippen LogP contribution in [-0.4, -0.2) is 34.3 Å². The first-order valence-corrected chi connectivity index (χ1v) is 7.97. The third-order valence-electron chi connectivity index (χ3n) is 3.93. The van der Waals surface area contributed by atoms with Gasteiger partial charge in [-0.15, -0.1) is 0 Å². The number of rotatable bonds is 6. The van der Waals surface area contributed by atoms with Crippen LogP contribution in [-0.2, 0) is 4.79 Å². The monoisotopic (exact) mass is 301 g/mol. The van der Waals surface area contributed by atoms with E-state index in [2.05, 4.69) is 18.4 Å². The zero-order valence-corrected chi connectivity index (χ0v) is 13.3. The maximum Gasteiger partial charge on any atom is 0.203 e. The molecule has 0 radical (unpaired) electrons. The van der Waals surface area contributed by atoms with Crippen molar-refractivity contribution in [3.05, 3.63) is 47.0 Å². The van der Waals surface area contributed by atoms with Crippen molar-refractivity contribution in [2.45, 2.75) is 39.5 Å². The zero-order valence-electron chi connectivity index (χ0n) is 13.3. The number of nitrogens with zero attached hydrogens (tertiary/aromatic N) is 1. The zero-order chi connectivity index (χ0) is 16.1. The van der Waals surface area contributed by atoms with Gasteiger partial charge >= 0.3 is 0 Å². The molecule has 1 N–H and O–H groups in total. The van der Waals surface area contributed by atoms with Crippen LogP contribution in [0, 0.1) is 0 Å². The fraction of sp³-hybridized carbons (Fsp3) is 0.444. The molecule has 0 atom stereocenters. The van der Waals surface area contributed by atoms with E-state index in [0.29, 0.717) is 5.57 Å². The maximum absolute atomic E-state index is 11.5. The summed E-state index contributed by atoms with van der Waals surface area (Å²) in [7, 11) is 0. The predicted molar refractivity (Wildman–Crippen MR) is 84.8 cm³/mol. The van der Waals surface area contributed by atoms with Gasteiger partial charge < -0.3 is 10.2 Å². The molecular formula is C18H23NO3. The molecule has 2 aliphatic carbocycles. The van der Waals surface area contributed by atoms with Crippen molar-refractivity contribution in [3.63, 3.8) is 0 Å². The van der Waals surface area contributed by atoms with Crippen molar-refractivity contribution < 1.29 is 19.6 Å². The lowest BCUT2D eigenvalue weighted by Gasteiger charge is -2.25. The number of aliphatic hydroxyl groups is 1. The van der Waals surface area contributed by atoms with Gasteiger partial charge in [-0.2, -0.15) is 0 Å². The molecule has 0 aliphatic heterocycles. The highest BCUT2D eigenvalue weighted by Crippen LogP contribution is 2.27. The lowest BCUT2D eigenvalue weighted by atomic mass is 9.89. The first kappa shape index (κ1) is 16.3. The van der Waals surface area contributed by atoms with Gasteiger partial charge in [0, 0.05) is 30.1 Å². The highest BCUT2D eigenvalue weighted by atomic mass is 16.3. The Hall–Kier alpha value is -2.10.